The van der Waals surface area contributed by atoms with Gasteiger partial charge in [-0.05, 0) is 37.1 Å². The third kappa shape index (κ3) is 2.69. The molecule has 108 valence electrons. The maximum Gasteiger partial charge on any atom is 0.140 e. The van der Waals surface area contributed by atoms with E-state index in [0.717, 1.165) is 37.9 Å². The first-order valence-electron chi connectivity index (χ1n) is 6.88. The van der Waals surface area contributed by atoms with E-state index in [9.17, 15) is 4.39 Å². The number of anilines is 1. The molecule has 1 aliphatic rings. The van der Waals surface area contributed by atoms with Gasteiger partial charge in [0.15, 0.2) is 0 Å². The van der Waals surface area contributed by atoms with Crippen molar-refractivity contribution < 1.29 is 4.39 Å². The van der Waals surface area contributed by atoms with Gasteiger partial charge in [0.25, 0.3) is 0 Å². The van der Waals surface area contributed by atoms with Gasteiger partial charge < -0.3 is 4.90 Å². The van der Waals surface area contributed by atoms with Crippen LogP contribution < -0.4 is 10.4 Å². The van der Waals surface area contributed by atoms with Crippen molar-refractivity contribution in [1.29, 1.82) is 10.8 Å². The Balaban J connectivity index is 1.96. The minimum Gasteiger partial charge on any atom is -0.357 e. The molecule has 1 aliphatic heterocycles. The molecule has 0 aromatic carbocycles. The molecule has 2 N–H and O–H groups in total. The Kier molecular flexibility index (Phi) is 3.51. The molecular weight excluding hydrogens is 269 g/mol. The summed E-state index contributed by atoms with van der Waals surface area (Å²) in [7, 11) is 0. The number of nitrogens with one attached hydrogen (secondary N) is 2. The van der Waals surface area contributed by atoms with Gasteiger partial charge in [-0.1, -0.05) is 0 Å². The number of hydrogen-bond donors (Lipinski definition) is 2. The lowest BCUT2D eigenvalue weighted by atomic mass is 10.2. The van der Waals surface area contributed by atoms with Gasteiger partial charge in [0.2, 0.25) is 0 Å². The lowest BCUT2D eigenvalue weighted by Gasteiger charge is -2.17. The first-order valence-corrected chi connectivity index (χ1v) is 6.88. The number of rotatable bonds is 2. The second kappa shape index (κ2) is 5.47. The molecule has 1 saturated heterocycles. The molecule has 0 radical (unpaired) electrons. The Hall–Kier alpha value is -2.50. The molecular formula is C15H16FN5. The standard InChI is InChI=1S/C15H16FN5/c16-12-3-4-13(17)21(10-12)15(18)11-5-6-19-14(9-11)20-7-1-2-8-20/h3-6,9-10,17-18H,1-2,7-8H2. The van der Waals surface area contributed by atoms with E-state index < -0.39 is 5.82 Å². The number of hydrogen-bond acceptors (Lipinski definition) is 4. The number of halogens is 1. The maximum absolute atomic E-state index is 13.3. The van der Waals surface area contributed by atoms with E-state index in [1.165, 1.54) is 16.7 Å². The molecule has 6 heteroatoms. The molecule has 0 saturated carbocycles. The molecule has 0 spiro atoms. The Labute approximate surface area is 121 Å². The zero-order valence-electron chi connectivity index (χ0n) is 11.5. The Morgan fingerprint density at radius 3 is 2.71 bits per heavy atom. The summed E-state index contributed by atoms with van der Waals surface area (Å²) in [6.45, 7) is 1.95. The highest BCUT2D eigenvalue weighted by molar-refractivity contribution is 5.98. The highest BCUT2D eigenvalue weighted by Crippen LogP contribution is 2.18. The molecule has 1 fully saturated rings. The molecule has 5 nitrogen and oxygen atoms in total. The quantitative estimate of drug-likeness (QED) is 0.654. The van der Waals surface area contributed by atoms with Crippen molar-refractivity contribution in [2.45, 2.75) is 12.8 Å². The van der Waals surface area contributed by atoms with E-state index in [2.05, 4.69) is 9.88 Å². The van der Waals surface area contributed by atoms with Crippen molar-refractivity contribution in [2.24, 2.45) is 0 Å². The topological polar surface area (TPSA) is 68.8 Å². The third-order valence-electron chi connectivity index (χ3n) is 3.60. The summed E-state index contributed by atoms with van der Waals surface area (Å²) in [6.07, 6.45) is 5.11. The monoisotopic (exact) mass is 285 g/mol. The van der Waals surface area contributed by atoms with Crippen molar-refractivity contribution >= 4 is 11.7 Å². The zero-order valence-corrected chi connectivity index (χ0v) is 11.5. The van der Waals surface area contributed by atoms with Crippen LogP contribution in [-0.4, -0.2) is 28.5 Å². The SMILES string of the molecule is N=C(c1ccnc(N2CCCC2)c1)n1cc(F)ccc1=N. The van der Waals surface area contributed by atoms with E-state index in [1.807, 2.05) is 6.07 Å². The van der Waals surface area contributed by atoms with Crippen LogP contribution in [0, 0.1) is 16.6 Å². The summed E-state index contributed by atoms with van der Waals surface area (Å²) in [5, 5.41) is 16.0. The second-order valence-electron chi connectivity index (χ2n) is 5.05. The maximum atomic E-state index is 13.3. The number of aromatic nitrogens is 2. The Bertz CT molecular complexity index is 731. The smallest absolute Gasteiger partial charge is 0.140 e. The van der Waals surface area contributed by atoms with Crippen LogP contribution in [0.1, 0.15) is 18.4 Å². The fraction of sp³-hybridized carbons (Fsp3) is 0.267. The highest BCUT2D eigenvalue weighted by atomic mass is 19.1. The van der Waals surface area contributed by atoms with E-state index in [0.29, 0.717) is 5.56 Å². The Morgan fingerprint density at radius 2 is 1.95 bits per heavy atom. The fourth-order valence-electron chi connectivity index (χ4n) is 2.48. The van der Waals surface area contributed by atoms with Crippen LogP contribution in [-0.2, 0) is 0 Å². The third-order valence-corrected chi connectivity index (χ3v) is 3.60. The summed E-state index contributed by atoms with van der Waals surface area (Å²) in [4.78, 5) is 6.51. The minimum absolute atomic E-state index is 0.0703. The summed E-state index contributed by atoms with van der Waals surface area (Å²) in [6, 6.07) is 6.09. The summed E-state index contributed by atoms with van der Waals surface area (Å²) < 4.78 is 14.5. The predicted molar refractivity (Wildman–Crippen MR) is 78.2 cm³/mol. The van der Waals surface area contributed by atoms with E-state index >= 15 is 0 Å². The van der Waals surface area contributed by atoms with Crippen molar-refractivity contribution in [3.8, 4) is 0 Å². The predicted octanol–water partition coefficient (Wildman–Crippen LogP) is 1.98. The van der Waals surface area contributed by atoms with Crippen LogP contribution in [0.5, 0.6) is 0 Å². The summed E-state index contributed by atoms with van der Waals surface area (Å²) >= 11 is 0. The highest BCUT2D eigenvalue weighted by Gasteiger charge is 2.15. The van der Waals surface area contributed by atoms with E-state index in [4.69, 9.17) is 10.8 Å². The van der Waals surface area contributed by atoms with Gasteiger partial charge in [-0.2, -0.15) is 0 Å². The van der Waals surface area contributed by atoms with Crippen LogP contribution in [0.25, 0.3) is 0 Å². The van der Waals surface area contributed by atoms with E-state index in [1.54, 1.807) is 12.3 Å². The molecule has 0 aliphatic carbocycles. The minimum atomic E-state index is -0.468. The molecule has 2 aromatic heterocycles. The van der Waals surface area contributed by atoms with Crippen LogP contribution in [0.4, 0.5) is 10.2 Å². The largest absolute Gasteiger partial charge is 0.357 e. The van der Waals surface area contributed by atoms with Crippen LogP contribution in [0.15, 0.2) is 36.7 Å². The van der Waals surface area contributed by atoms with Gasteiger partial charge in [-0.15, -0.1) is 0 Å². The molecule has 0 unspecified atom stereocenters. The number of pyridine rings is 2. The average molecular weight is 285 g/mol. The fourth-order valence-corrected chi connectivity index (χ4v) is 2.48. The van der Waals surface area contributed by atoms with Crippen molar-refractivity contribution in [1.82, 2.24) is 9.55 Å². The van der Waals surface area contributed by atoms with Gasteiger partial charge in [0.1, 0.15) is 23.0 Å². The van der Waals surface area contributed by atoms with E-state index in [-0.39, 0.29) is 11.3 Å². The second-order valence-corrected chi connectivity index (χ2v) is 5.05. The molecule has 0 amide bonds. The van der Waals surface area contributed by atoms with Crippen LogP contribution in [0.2, 0.25) is 0 Å². The first kappa shape index (κ1) is 13.5. The number of nitrogens with zero attached hydrogens (tertiary/aromatic N) is 3. The van der Waals surface area contributed by atoms with Crippen molar-refractivity contribution in [3.05, 3.63) is 53.5 Å². The van der Waals surface area contributed by atoms with Crippen LogP contribution in [0.3, 0.4) is 0 Å². The van der Waals surface area contributed by atoms with Gasteiger partial charge >= 0.3 is 0 Å². The first-order chi connectivity index (χ1) is 10.1. The van der Waals surface area contributed by atoms with Gasteiger partial charge in [0.05, 0.1) is 0 Å². The molecule has 0 bridgehead atoms. The molecule has 21 heavy (non-hydrogen) atoms. The van der Waals surface area contributed by atoms with Crippen LogP contribution >= 0.6 is 0 Å². The molecule has 2 aromatic rings. The van der Waals surface area contributed by atoms with Gasteiger partial charge in [0, 0.05) is 31.0 Å². The molecule has 0 atom stereocenters. The lowest BCUT2D eigenvalue weighted by Crippen LogP contribution is -2.27. The van der Waals surface area contributed by atoms with Gasteiger partial charge in [-0.25, -0.2) is 9.37 Å². The molecule has 3 heterocycles. The van der Waals surface area contributed by atoms with Crippen molar-refractivity contribution in [3.63, 3.8) is 0 Å². The molecule has 3 rings (SSSR count). The lowest BCUT2D eigenvalue weighted by molar-refractivity contribution is 0.613. The van der Waals surface area contributed by atoms with Crippen molar-refractivity contribution in [2.75, 3.05) is 18.0 Å². The average Bonchev–Trinajstić information content (AvgIpc) is 3.03. The van der Waals surface area contributed by atoms with Gasteiger partial charge in [-0.3, -0.25) is 15.4 Å². The zero-order chi connectivity index (χ0) is 14.8. The summed E-state index contributed by atoms with van der Waals surface area (Å²) in [5.41, 5.74) is 0.692. The Morgan fingerprint density at radius 1 is 1.19 bits per heavy atom. The summed E-state index contributed by atoms with van der Waals surface area (Å²) in [5.74, 6) is 0.435. The normalized spacial score (nSPS) is 14.4.